The number of amides is 1. The van der Waals surface area contributed by atoms with Crippen LogP contribution < -0.4 is 5.32 Å². The summed E-state index contributed by atoms with van der Waals surface area (Å²) in [5.74, 6) is -0.469. The van der Waals surface area contributed by atoms with E-state index >= 15 is 0 Å². The summed E-state index contributed by atoms with van der Waals surface area (Å²) in [5, 5.41) is 3.98. The Morgan fingerprint density at radius 2 is 1.79 bits per heavy atom. The van der Waals surface area contributed by atoms with Crippen LogP contribution in [0.15, 0.2) is 18.2 Å². The maximum absolute atomic E-state index is 12.9. The van der Waals surface area contributed by atoms with Gasteiger partial charge >= 0.3 is 0 Å². The number of rotatable bonds is 5. The van der Waals surface area contributed by atoms with Gasteiger partial charge in [-0.25, -0.2) is 12.7 Å². The summed E-state index contributed by atoms with van der Waals surface area (Å²) in [5.41, 5.74) is 0.524. The number of halogens is 2. The topological polar surface area (TPSA) is 66.5 Å². The first kappa shape index (κ1) is 21.9. The third kappa shape index (κ3) is 5.85. The lowest BCUT2D eigenvalue weighted by molar-refractivity contribution is -0.126. The van der Waals surface area contributed by atoms with Crippen LogP contribution in [0.5, 0.6) is 0 Å². The second-order valence-electron chi connectivity index (χ2n) is 7.89. The van der Waals surface area contributed by atoms with Crippen molar-refractivity contribution < 1.29 is 13.2 Å². The van der Waals surface area contributed by atoms with Gasteiger partial charge in [-0.2, -0.15) is 0 Å². The molecule has 8 heteroatoms. The molecule has 0 bridgehead atoms. The molecule has 1 aliphatic carbocycles. The summed E-state index contributed by atoms with van der Waals surface area (Å²) in [6, 6.07) is 5.06. The molecule has 1 N–H and O–H groups in total. The standard InChI is InChI=1S/C20H28Cl2N2O3S/c21-17-10-9-16(19(22)12-17)14-28(26,27)24-11-5-6-15(13-24)20(25)23-18-7-3-1-2-4-8-18/h9-10,12,15,18H,1-8,11,13-14H2,(H,23,25)/t15-/m0/s1. The third-order valence-corrected chi connectivity index (χ3v) is 8.08. The molecule has 0 unspecified atom stereocenters. The van der Waals surface area contributed by atoms with Gasteiger partial charge in [0.2, 0.25) is 15.9 Å². The molecule has 0 radical (unpaired) electrons. The quantitative estimate of drug-likeness (QED) is 0.682. The molecule has 1 aliphatic heterocycles. The van der Waals surface area contributed by atoms with Gasteiger partial charge in [0, 0.05) is 29.2 Å². The molecule has 1 saturated carbocycles. The predicted octanol–water partition coefficient (Wildman–Crippen LogP) is 4.37. The number of carbonyl (C=O) groups is 1. The maximum atomic E-state index is 12.9. The highest BCUT2D eigenvalue weighted by Gasteiger charge is 2.33. The minimum absolute atomic E-state index is 0.00340. The van der Waals surface area contributed by atoms with E-state index < -0.39 is 10.0 Å². The van der Waals surface area contributed by atoms with Crippen molar-refractivity contribution in [3.8, 4) is 0 Å². The van der Waals surface area contributed by atoms with E-state index in [0.717, 1.165) is 32.1 Å². The zero-order valence-corrected chi connectivity index (χ0v) is 18.3. The maximum Gasteiger partial charge on any atom is 0.224 e. The van der Waals surface area contributed by atoms with E-state index in [9.17, 15) is 13.2 Å². The van der Waals surface area contributed by atoms with Crippen molar-refractivity contribution in [3.63, 3.8) is 0 Å². The Kier molecular flexibility index (Phi) is 7.65. The van der Waals surface area contributed by atoms with Crippen molar-refractivity contribution in [2.24, 2.45) is 5.92 Å². The highest BCUT2D eigenvalue weighted by Crippen LogP contribution is 2.27. The number of piperidine rings is 1. The molecule has 2 fully saturated rings. The highest BCUT2D eigenvalue weighted by molar-refractivity contribution is 7.88. The van der Waals surface area contributed by atoms with Crippen molar-refractivity contribution >= 4 is 39.1 Å². The van der Waals surface area contributed by atoms with Gasteiger partial charge in [0.25, 0.3) is 0 Å². The number of hydrogen-bond acceptors (Lipinski definition) is 3. The Hall–Kier alpha value is -0.820. The SMILES string of the molecule is O=C(NC1CCCCCC1)[C@H]1CCCN(S(=O)(=O)Cc2ccc(Cl)cc2Cl)C1. The van der Waals surface area contributed by atoms with Crippen LogP contribution >= 0.6 is 23.2 Å². The molecule has 1 saturated heterocycles. The van der Waals surface area contributed by atoms with E-state index in [-0.39, 0.29) is 30.2 Å². The monoisotopic (exact) mass is 446 g/mol. The number of carbonyl (C=O) groups excluding carboxylic acids is 1. The number of hydrogen-bond donors (Lipinski definition) is 1. The van der Waals surface area contributed by atoms with E-state index in [4.69, 9.17) is 23.2 Å². The Morgan fingerprint density at radius 3 is 2.46 bits per heavy atom. The second-order valence-corrected chi connectivity index (χ2v) is 10.7. The van der Waals surface area contributed by atoms with E-state index in [0.29, 0.717) is 28.6 Å². The average molecular weight is 447 g/mol. The summed E-state index contributed by atoms with van der Waals surface area (Å²) >= 11 is 12.0. The third-order valence-electron chi connectivity index (χ3n) is 5.70. The molecule has 0 aromatic heterocycles. The molecule has 1 aromatic rings. The van der Waals surface area contributed by atoms with E-state index in [1.165, 1.54) is 17.1 Å². The molecule has 1 heterocycles. The van der Waals surface area contributed by atoms with Crippen LogP contribution in [-0.2, 0) is 20.6 Å². The molecular formula is C20H28Cl2N2O3S. The Balaban J connectivity index is 1.62. The predicted molar refractivity (Wildman–Crippen MR) is 113 cm³/mol. The van der Waals surface area contributed by atoms with Crippen LogP contribution in [-0.4, -0.2) is 37.8 Å². The fourth-order valence-corrected chi connectivity index (χ4v) is 6.27. The van der Waals surface area contributed by atoms with Crippen molar-refractivity contribution in [1.29, 1.82) is 0 Å². The van der Waals surface area contributed by atoms with E-state index in [1.807, 2.05) is 0 Å². The van der Waals surface area contributed by atoms with Crippen LogP contribution in [0, 0.1) is 5.92 Å². The highest BCUT2D eigenvalue weighted by atomic mass is 35.5. The molecule has 5 nitrogen and oxygen atoms in total. The first-order valence-electron chi connectivity index (χ1n) is 10.1. The molecular weight excluding hydrogens is 419 g/mol. The molecule has 28 heavy (non-hydrogen) atoms. The van der Waals surface area contributed by atoms with Gasteiger partial charge in [0.05, 0.1) is 11.7 Å². The van der Waals surface area contributed by atoms with Gasteiger partial charge in [0.1, 0.15) is 0 Å². The first-order chi connectivity index (χ1) is 13.3. The zero-order chi connectivity index (χ0) is 20.1. The summed E-state index contributed by atoms with van der Waals surface area (Å²) < 4.78 is 27.2. The zero-order valence-electron chi connectivity index (χ0n) is 16.0. The normalized spacial score (nSPS) is 22.6. The number of sulfonamides is 1. The summed E-state index contributed by atoms with van der Waals surface area (Å²) in [6.45, 7) is 0.687. The molecule has 1 aromatic carbocycles. The lowest BCUT2D eigenvalue weighted by Crippen LogP contribution is -2.47. The van der Waals surface area contributed by atoms with Gasteiger partial charge in [-0.3, -0.25) is 4.79 Å². The van der Waals surface area contributed by atoms with Gasteiger partial charge < -0.3 is 5.32 Å². The number of nitrogens with one attached hydrogen (secondary N) is 1. The fourth-order valence-electron chi connectivity index (χ4n) is 4.08. The van der Waals surface area contributed by atoms with Crippen LogP contribution in [0.1, 0.15) is 56.9 Å². The van der Waals surface area contributed by atoms with Crippen molar-refractivity contribution in [3.05, 3.63) is 33.8 Å². The van der Waals surface area contributed by atoms with Gasteiger partial charge in [-0.15, -0.1) is 0 Å². The lowest BCUT2D eigenvalue weighted by Gasteiger charge is -2.32. The van der Waals surface area contributed by atoms with E-state index in [2.05, 4.69) is 5.32 Å². The van der Waals surface area contributed by atoms with Gasteiger partial charge in [-0.05, 0) is 43.4 Å². The van der Waals surface area contributed by atoms with Gasteiger partial charge in [0.15, 0.2) is 0 Å². The van der Waals surface area contributed by atoms with Crippen molar-refractivity contribution in [2.45, 2.75) is 63.2 Å². The summed E-state index contributed by atoms with van der Waals surface area (Å²) in [4.78, 5) is 12.7. The lowest BCUT2D eigenvalue weighted by atomic mass is 9.97. The van der Waals surface area contributed by atoms with Crippen molar-refractivity contribution in [1.82, 2.24) is 9.62 Å². The van der Waals surface area contributed by atoms with Crippen molar-refractivity contribution in [2.75, 3.05) is 13.1 Å². The van der Waals surface area contributed by atoms with Gasteiger partial charge in [-0.1, -0.05) is 55.0 Å². The van der Waals surface area contributed by atoms with Crippen LogP contribution in [0.2, 0.25) is 10.0 Å². The minimum atomic E-state index is -3.55. The molecule has 1 atom stereocenters. The van der Waals surface area contributed by atoms with Crippen LogP contribution in [0.3, 0.4) is 0 Å². The largest absolute Gasteiger partial charge is 0.353 e. The molecule has 2 aliphatic rings. The summed E-state index contributed by atoms with van der Waals surface area (Å²) in [7, 11) is -3.55. The molecule has 3 rings (SSSR count). The number of nitrogens with zero attached hydrogens (tertiary/aromatic N) is 1. The Morgan fingerprint density at radius 1 is 1.07 bits per heavy atom. The molecule has 0 spiro atoms. The molecule has 1 amide bonds. The molecule has 156 valence electrons. The fraction of sp³-hybridized carbons (Fsp3) is 0.650. The first-order valence-corrected chi connectivity index (χ1v) is 12.4. The van der Waals surface area contributed by atoms with Crippen LogP contribution in [0.25, 0.3) is 0 Å². The second kappa shape index (κ2) is 9.79. The van der Waals surface area contributed by atoms with Crippen LogP contribution in [0.4, 0.5) is 0 Å². The van der Waals surface area contributed by atoms with E-state index in [1.54, 1.807) is 18.2 Å². The Labute approximate surface area is 177 Å². The smallest absolute Gasteiger partial charge is 0.224 e. The average Bonchev–Trinajstić information content (AvgIpc) is 2.93. The summed E-state index contributed by atoms with van der Waals surface area (Å²) in [6.07, 6.45) is 8.23. The Bertz CT molecular complexity index is 793. The number of benzene rings is 1. The minimum Gasteiger partial charge on any atom is -0.353 e.